The van der Waals surface area contributed by atoms with E-state index in [0.29, 0.717) is 24.8 Å². The summed E-state index contributed by atoms with van der Waals surface area (Å²) in [4.78, 5) is 15.9. The Balaban J connectivity index is 1.99. The van der Waals surface area contributed by atoms with E-state index in [1.54, 1.807) is 4.90 Å². The van der Waals surface area contributed by atoms with Crippen molar-refractivity contribution >= 4 is 29.1 Å². The standard InChI is InChI=1S/C16H23N3O2S/c1-4-21-16(20)19-11-12(2)18(10-13(19)3)15(22)17-14-8-6-5-7-9-14/h5-9,12-13H,4,10-11H2,1-3H3,(H,17,22)/t12-,13-/m1/s1. The number of thiocarbonyl (C=S) groups is 1. The van der Waals surface area contributed by atoms with Gasteiger partial charge in [0.2, 0.25) is 0 Å². The lowest BCUT2D eigenvalue weighted by Crippen LogP contribution is -2.60. The van der Waals surface area contributed by atoms with Crippen LogP contribution in [0.5, 0.6) is 0 Å². The molecule has 2 rings (SSSR count). The molecule has 0 radical (unpaired) electrons. The minimum atomic E-state index is -0.247. The Morgan fingerprint density at radius 1 is 1.23 bits per heavy atom. The van der Waals surface area contributed by atoms with Crippen molar-refractivity contribution in [2.45, 2.75) is 32.9 Å². The Kier molecular flexibility index (Phi) is 5.60. The molecule has 2 atom stereocenters. The number of ether oxygens (including phenoxy) is 1. The van der Waals surface area contributed by atoms with Crippen molar-refractivity contribution < 1.29 is 9.53 Å². The normalized spacial score (nSPS) is 21.4. The van der Waals surface area contributed by atoms with Gasteiger partial charge < -0.3 is 19.9 Å². The van der Waals surface area contributed by atoms with Crippen molar-refractivity contribution in [3.8, 4) is 0 Å². The summed E-state index contributed by atoms with van der Waals surface area (Å²) >= 11 is 5.52. The van der Waals surface area contributed by atoms with Crippen molar-refractivity contribution in [2.24, 2.45) is 0 Å². The van der Waals surface area contributed by atoms with Gasteiger partial charge in [0.15, 0.2) is 5.11 Å². The third-order valence-corrected chi connectivity index (χ3v) is 4.11. The fraction of sp³-hybridized carbons (Fsp3) is 0.500. The molecule has 1 aromatic rings. The monoisotopic (exact) mass is 321 g/mol. The Morgan fingerprint density at radius 2 is 1.82 bits per heavy atom. The van der Waals surface area contributed by atoms with Crippen LogP contribution in [-0.4, -0.2) is 52.8 Å². The Labute approximate surface area is 137 Å². The summed E-state index contributed by atoms with van der Waals surface area (Å²) in [6.45, 7) is 7.60. The van der Waals surface area contributed by atoms with Crippen molar-refractivity contribution in [3.63, 3.8) is 0 Å². The molecule has 22 heavy (non-hydrogen) atoms. The van der Waals surface area contributed by atoms with E-state index in [1.807, 2.05) is 44.2 Å². The van der Waals surface area contributed by atoms with Crippen molar-refractivity contribution in [2.75, 3.05) is 25.0 Å². The predicted octanol–water partition coefficient (Wildman–Crippen LogP) is 2.93. The van der Waals surface area contributed by atoms with Gasteiger partial charge in [0, 0.05) is 30.9 Å². The van der Waals surface area contributed by atoms with Crippen LogP contribution in [-0.2, 0) is 4.74 Å². The second-order valence-electron chi connectivity index (χ2n) is 5.50. The number of benzene rings is 1. The van der Waals surface area contributed by atoms with Crippen LogP contribution in [0.25, 0.3) is 0 Å². The lowest BCUT2D eigenvalue weighted by atomic mass is 10.1. The van der Waals surface area contributed by atoms with Crippen LogP contribution < -0.4 is 5.32 Å². The van der Waals surface area contributed by atoms with Crippen LogP contribution >= 0.6 is 12.2 Å². The molecule has 1 heterocycles. The Morgan fingerprint density at radius 3 is 2.45 bits per heavy atom. The van der Waals surface area contributed by atoms with E-state index in [4.69, 9.17) is 17.0 Å². The first-order valence-electron chi connectivity index (χ1n) is 7.59. The van der Waals surface area contributed by atoms with E-state index in [1.165, 1.54) is 0 Å². The molecule has 1 amide bonds. The molecule has 5 nitrogen and oxygen atoms in total. The minimum Gasteiger partial charge on any atom is -0.450 e. The van der Waals surface area contributed by atoms with Crippen molar-refractivity contribution in [1.29, 1.82) is 0 Å². The molecule has 1 aromatic carbocycles. The third kappa shape index (κ3) is 3.88. The van der Waals surface area contributed by atoms with E-state index >= 15 is 0 Å². The van der Waals surface area contributed by atoms with Gasteiger partial charge in [-0.25, -0.2) is 4.79 Å². The summed E-state index contributed by atoms with van der Waals surface area (Å²) in [5, 5.41) is 3.94. The lowest BCUT2D eigenvalue weighted by molar-refractivity contribution is 0.0546. The SMILES string of the molecule is CCOC(=O)N1C[C@@H](C)N(C(=S)Nc2ccccc2)C[C@H]1C. The van der Waals surface area contributed by atoms with Crippen LogP contribution in [0.2, 0.25) is 0 Å². The molecular weight excluding hydrogens is 298 g/mol. The van der Waals surface area contributed by atoms with Gasteiger partial charge in [-0.3, -0.25) is 0 Å². The zero-order chi connectivity index (χ0) is 16.1. The van der Waals surface area contributed by atoms with E-state index in [9.17, 15) is 4.79 Å². The van der Waals surface area contributed by atoms with Gasteiger partial charge in [-0.1, -0.05) is 18.2 Å². The lowest BCUT2D eigenvalue weighted by Gasteiger charge is -2.44. The number of nitrogens with one attached hydrogen (secondary N) is 1. The number of para-hydroxylation sites is 1. The summed E-state index contributed by atoms with van der Waals surface area (Å²) < 4.78 is 5.11. The molecule has 1 fully saturated rings. The highest BCUT2D eigenvalue weighted by molar-refractivity contribution is 7.80. The third-order valence-electron chi connectivity index (χ3n) is 3.77. The van der Waals surface area contributed by atoms with Crippen molar-refractivity contribution in [3.05, 3.63) is 30.3 Å². The largest absolute Gasteiger partial charge is 0.450 e. The maximum atomic E-state index is 12.0. The highest BCUT2D eigenvalue weighted by atomic mass is 32.1. The highest BCUT2D eigenvalue weighted by Gasteiger charge is 2.33. The van der Waals surface area contributed by atoms with E-state index < -0.39 is 0 Å². The first kappa shape index (κ1) is 16.5. The number of rotatable bonds is 2. The highest BCUT2D eigenvalue weighted by Crippen LogP contribution is 2.18. The summed E-state index contributed by atoms with van der Waals surface area (Å²) in [5.74, 6) is 0. The summed E-state index contributed by atoms with van der Waals surface area (Å²) in [6, 6.07) is 10.1. The number of amides is 1. The van der Waals surface area contributed by atoms with Crippen LogP contribution in [0.3, 0.4) is 0 Å². The van der Waals surface area contributed by atoms with Crippen LogP contribution in [0.4, 0.5) is 10.5 Å². The van der Waals surface area contributed by atoms with E-state index in [2.05, 4.69) is 17.1 Å². The molecule has 0 bridgehead atoms. The van der Waals surface area contributed by atoms with E-state index in [0.717, 1.165) is 5.69 Å². The number of anilines is 1. The number of hydrogen-bond acceptors (Lipinski definition) is 3. The average Bonchev–Trinajstić information content (AvgIpc) is 2.50. The second kappa shape index (κ2) is 7.45. The molecule has 1 aliphatic rings. The molecule has 120 valence electrons. The smallest absolute Gasteiger partial charge is 0.410 e. The van der Waals surface area contributed by atoms with Gasteiger partial charge in [-0.05, 0) is 45.1 Å². The Hall–Kier alpha value is -1.82. The van der Waals surface area contributed by atoms with Gasteiger partial charge in [0.25, 0.3) is 0 Å². The second-order valence-corrected chi connectivity index (χ2v) is 5.88. The molecule has 0 aliphatic carbocycles. The maximum absolute atomic E-state index is 12.0. The molecular formula is C16H23N3O2S. The molecule has 0 unspecified atom stereocenters. The van der Waals surface area contributed by atoms with Gasteiger partial charge in [-0.2, -0.15) is 0 Å². The summed E-state index contributed by atoms with van der Waals surface area (Å²) in [7, 11) is 0. The molecule has 1 N–H and O–H groups in total. The molecule has 0 spiro atoms. The fourth-order valence-corrected chi connectivity index (χ4v) is 2.96. The van der Waals surface area contributed by atoms with Crippen LogP contribution in [0.15, 0.2) is 30.3 Å². The minimum absolute atomic E-state index is 0.0609. The number of hydrogen-bond donors (Lipinski definition) is 1. The topological polar surface area (TPSA) is 44.8 Å². The van der Waals surface area contributed by atoms with Crippen LogP contribution in [0.1, 0.15) is 20.8 Å². The number of carbonyl (C=O) groups excluding carboxylic acids is 1. The van der Waals surface area contributed by atoms with Gasteiger partial charge in [-0.15, -0.1) is 0 Å². The quantitative estimate of drug-likeness (QED) is 0.849. The predicted molar refractivity (Wildman–Crippen MR) is 92.0 cm³/mol. The zero-order valence-electron chi connectivity index (χ0n) is 13.3. The van der Waals surface area contributed by atoms with Crippen LogP contribution in [0, 0.1) is 0 Å². The first-order valence-corrected chi connectivity index (χ1v) is 7.99. The molecule has 1 aliphatic heterocycles. The molecule has 0 aromatic heterocycles. The maximum Gasteiger partial charge on any atom is 0.410 e. The average molecular weight is 321 g/mol. The Bertz CT molecular complexity index is 523. The van der Waals surface area contributed by atoms with Gasteiger partial charge in [0.05, 0.1) is 6.61 Å². The van der Waals surface area contributed by atoms with Gasteiger partial charge in [0.1, 0.15) is 0 Å². The molecule has 6 heteroatoms. The van der Waals surface area contributed by atoms with Gasteiger partial charge >= 0.3 is 6.09 Å². The number of carbonyl (C=O) groups is 1. The summed E-state index contributed by atoms with van der Waals surface area (Å²) in [5.41, 5.74) is 0.972. The van der Waals surface area contributed by atoms with E-state index in [-0.39, 0.29) is 18.2 Å². The zero-order valence-corrected chi connectivity index (χ0v) is 14.1. The number of nitrogens with zero attached hydrogens (tertiary/aromatic N) is 2. The fourth-order valence-electron chi connectivity index (χ4n) is 2.59. The number of piperazine rings is 1. The van der Waals surface area contributed by atoms with Crippen molar-refractivity contribution in [1.82, 2.24) is 9.80 Å². The molecule has 1 saturated heterocycles. The molecule has 0 saturated carbocycles. The first-order chi connectivity index (χ1) is 10.5. The summed E-state index contributed by atoms with van der Waals surface area (Å²) in [6.07, 6.45) is -0.247.